The van der Waals surface area contributed by atoms with Gasteiger partial charge in [0.05, 0.1) is 37.9 Å². The molecule has 55 heavy (non-hydrogen) atoms. The Labute approximate surface area is 320 Å². The number of ketones is 1. The summed E-state index contributed by atoms with van der Waals surface area (Å²) in [5.41, 5.74) is -4.60. The van der Waals surface area contributed by atoms with Crippen LogP contribution >= 0.6 is 0 Å². The van der Waals surface area contributed by atoms with Crippen molar-refractivity contribution in [2.75, 3.05) is 40.8 Å². The molecule has 6 rings (SSSR count). The Morgan fingerprint density at radius 2 is 1.69 bits per heavy atom. The first-order valence-electron chi connectivity index (χ1n) is 18.4. The van der Waals surface area contributed by atoms with E-state index in [0.29, 0.717) is 35.8 Å². The molecule has 13 nitrogen and oxygen atoms in total. The summed E-state index contributed by atoms with van der Waals surface area (Å²) in [6.45, 7) is 8.80. The summed E-state index contributed by atoms with van der Waals surface area (Å²) in [4.78, 5) is 53.4. The number of esters is 3. The summed E-state index contributed by atoms with van der Waals surface area (Å²) in [7, 11) is 3.05. The molecule has 4 aliphatic carbocycles. The topological polar surface area (TPSA) is 173 Å². The van der Waals surface area contributed by atoms with E-state index in [0.717, 1.165) is 0 Å². The van der Waals surface area contributed by atoms with Crippen LogP contribution in [0, 0.1) is 29.1 Å². The van der Waals surface area contributed by atoms with Crippen molar-refractivity contribution in [3.63, 3.8) is 0 Å². The first kappa shape index (κ1) is 40.1. The van der Waals surface area contributed by atoms with E-state index in [1.165, 1.54) is 14.0 Å². The van der Waals surface area contributed by atoms with E-state index in [1.807, 2.05) is 13.8 Å². The van der Waals surface area contributed by atoms with E-state index in [9.17, 15) is 29.4 Å². The molecule has 0 heterocycles. The summed E-state index contributed by atoms with van der Waals surface area (Å²) in [5, 5.41) is 25.4. The maximum absolute atomic E-state index is 13.8. The zero-order valence-corrected chi connectivity index (χ0v) is 32.3. The van der Waals surface area contributed by atoms with Crippen molar-refractivity contribution in [3.05, 3.63) is 83.0 Å². The van der Waals surface area contributed by atoms with Crippen molar-refractivity contribution in [2.45, 2.75) is 70.4 Å². The number of carbonyl (C=O) groups is 4. The molecule has 2 aromatic rings. The van der Waals surface area contributed by atoms with E-state index in [1.54, 1.807) is 81.6 Å². The molecule has 0 aliphatic heterocycles. The number of aliphatic hydroxyl groups is 2. The lowest BCUT2D eigenvalue weighted by molar-refractivity contribution is -0.219. The molecule has 0 spiro atoms. The van der Waals surface area contributed by atoms with Gasteiger partial charge in [0.15, 0.2) is 29.7 Å². The third-order valence-electron chi connectivity index (χ3n) is 12.0. The molecule has 13 heteroatoms. The summed E-state index contributed by atoms with van der Waals surface area (Å²) < 4.78 is 39.5. The number of fused-ring (bicyclic) bond motifs is 5. The predicted octanol–water partition coefficient (Wildman–Crippen LogP) is 4.17. The lowest BCUT2D eigenvalue weighted by Crippen LogP contribution is -2.66. The fraction of sp³-hybridized carbons (Fsp3) is 0.524. The van der Waals surface area contributed by atoms with E-state index in [-0.39, 0.29) is 37.4 Å². The van der Waals surface area contributed by atoms with Crippen LogP contribution in [0.25, 0.3) is 0 Å². The highest BCUT2D eigenvalue weighted by Crippen LogP contribution is 2.77. The van der Waals surface area contributed by atoms with Crippen LogP contribution in [0.5, 0.6) is 11.5 Å². The summed E-state index contributed by atoms with van der Waals surface area (Å²) >= 11 is 0. The van der Waals surface area contributed by atoms with Gasteiger partial charge >= 0.3 is 17.9 Å². The number of hydrogen-bond donors (Lipinski definition) is 2. The van der Waals surface area contributed by atoms with Crippen molar-refractivity contribution in [1.82, 2.24) is 0 Å². The standard InChI is InChI=1S/C42H50O13/c1-24-17-33-40(47,36(24)45)21-28(22-52-34(44)20-27-13-14-31(32(19-27)50-7)53-23-51-16-15-49-6)18-30-35-39(4,5)42(35,55-26(3)43)37(25(2)41(30,33)48)54-38(46)29-11-9-8-10-12-29/h8-14,17-19,25,30,33,35,37,47-48H,15-16,20-23H2,1-7H3/t25-,30+,33-,35-,37-,40-,41-,42-/m1/s1. The second kappa shape index (κ2) is 15.2. The molecule has 2 aromatic carbocycles. The number of methoxy groups -OCH3 is 2. The highest BCUT2D eigenvalue weighted by Gasteiger charge is 2.87. The SMILES string of the molecule is COCCOCOc1ccc(CC(=O)OCC2=C[C@H]3[C@@H]4C(C)(C)[C@]4(OC(C)=O)[C@H](OC(=O)c4ccccc4)[C@@H](C)[C@]3(O)[C@@H]3C=C(C)C(=O)[C@@]3(O)C2)cc1OC. The lowest BCUT2D eigenvalue weighted by Gasteiger charge is -2.53. The Bertz CT molecular complexity index is 1880. The third kappa shape index (κ3) is 6.85. The van der Waals surface area contributed by atoms with E-state index >= 15 is 0 Å². The van der Waals surface area contributed by atoms with Crippen LogP contribution in [0.15, 0.2) is 71.8 Å². The molecule has 8 atom stereocenters. The van der Waals surface area contributed by atoms with Crippen LogP contribution in [0.4, 0.5) is 0 Å². The minimum Gasteiger partial charge on any atom is -0.493 e. The van der Waals surface area contributed by atoms with Gasteiger partial charge in [-0.1, -0.05) is 57.2 Å². The fourth-order valence-electron chi connectivity index (χ4n) is 9.45. The second-order valence-electron chi connectivity index (χ2n) is 15.5. The molecule has 0 radical (unpaired) electrons. The number of hydrogen-bond acceptors (Lipinski definition) is 13. The van der Waals surface area contributed by atoms with Gasteiger partial charge in [0.25, 0.3) is 0 Å². The lowest BCUT2D eigenvalue weighted by atomic mass is 9.59. The monoisotopic (exact) mass is 762 g/mol. The van der Waals surface area contributed by atoms with Crippen LogP contribution in [0.3, 0.4) is 0 Å². The van der Waals surface area contributed by atoms with E-state index in [2.05, 4.69) is 0 Å². The molecule has 2 saturated carbocycles. The molecule has 0 amide bonds. The Kier molecular flexibility index (Phi) is 11.1. The van der Waals surface area contributed by atoms with Crippen LogP contribution in [-0.2, 0) is 44.5 Å². The Balaban J connectivity index is 1.29. The first-order chi connectivity index (χ1) is 26.1. The molecular formula is C42H50O13. The zero-order valence-electron chi connectivity index (χ0n) is 32.3. The molecule has 2 fully saturated rings. The fourth-order valence-corrected chi connectivity index (χ4v) is 9.45. The van der Waals surface area contributed by atoms with Crippen LogP contribution in [0.1, 0.15) is 57.0 Å². The Hall–Kier alpha value is -4.56. The van der Waals surface area contributed by atoms with Gasteiger partial charge < -0.3 is 43.4 Å². The summed E-state index contributed by atoms with van der Waals surface area (Å²) in [5.74, 6) is -5.09. The van der Waals surface area contributed by atoms with E-state index in [4.69, 9.17) is 33.2 Å². The second-order valence-corrected chi connectivity index (χ2v) is 15.5. The van der Waals surface area contributed by atoms with Gasteiger partial charge in [0, 0.05) is 49.5 Å². The Morgan fingerprint density at radius 3 is 2.36 bits per heavy atom. The smallest absolute Gasteiger partial charge is 0.338 e. The first-order valence-corrected chi connectivity index (χ1v) is 18.4. The molecule has 2 N–H and O–H groups in total. The molecule has 0 unspecified atom stereocenters. The van der Waals surface area contributed by atoms with Crippen molar-refractivity contribution in [1.29, 1.82) is 0 Å². The zero-order chi connectivity index (χ0) is 39.9. The van der Waals surface area contributed by atoms with Gasteiger partial charge in [-0.05, 0) is 47.9 Å². The number of carbonyl (C=O) groups excluding carboxylic acids is 4. The maximum Gasteiger partial charge on any atom is 0.338 e. The van der Waals surface area contributed by atoms with Gasteiger partial charge in [0.2, 0.25) is 0 Å². The third-order valence-corrected chi connectivity index (χ3v) is 12.0. The largest absolute Gasteiger partial charge is 0.493 e. The summed E-state index contributed by atoms with van der Waals surface area (Å²) in [6, 6.07) is 13.4. The normalized spacial score (nSPS) is 31.4. The number of rotatable bonds is 14. The molecule has 4 aliphatic rings. The highest BCUT2D eigenvalue weighted by molar-refractivity contribution is 6.05. The molecular weight excluding hydrogens is 712 g/mol. The highest BCUT2D eigenvalue weighted by atomic mass is 16.7. The number of ether oxygens (including phenoxy) is 7. The maximum atomic E-state index is 13.8. The van der Waals surface area contributed by atoms with Gasteiger partial charge in [-0.2, -0.15) is 0 Å². The molecule has 0 bridgehead atoms. The molecule has 296 valence electrons. The number of Topliss-reactive ketones (excluding diaryl/α,β-unsaturated/α-hetero) is 1. The van der Waals surface area contributed by atoms with Gasteiger partial charge in [-0.15, -0.1) is 0 Å². The van der Waals surface area contributed by atoms with Gasteiger partial charge in [0.1, 0.15) is 18.3 Å². The van der Waals surface area contributed by atoms with Gasteiger partial charge in [-0.25, -0.2) is 4.79 Å². The minimum absolute atomic E-state index is 0.0185. The van der Waals surface area contributed by atoms with Gasteiger partial charge in [-0.3, -0.25) is 14.4 Å². The average Bonchev–Trinajstić information content (AvgIpc) is 3.57. The molecule has 0 aromatic heterocycles. The summed E-state index contributed by atoms with van der Waals surface area (Å²) in [6.07, 6.45) is 1.85. The van der Waals surface area contributed by atoms with Crippen LogP contribution < -0.4 is 9.47 Å². The average molecular weight is 763 g/mol. The number of benzene rings is 2. The van der Waals surface area contributed by atoms with Crippen molar-refractivity contribution in [2.24, 2.45) is 29.1 Å². The predicted molar refractivity (Wildman–Crippen MR) is 196 cm³/mol. The van der Waals surface area contributed by atoms with Crippen molar-refractivity contribution in [3.8, 4) is 11.5 Å². The Morgan fingerprint density at radius 1 is 0.964 bits per heavy atom. The minimum atomic E-state index is -2.09. The van der Waals surface area contributed by atoms with E-state index < -0.39 is 75.7 Å². The van der Waals surface area contributed by atoms with Crippen molar-refractivity contribution < 1.29 is 62.5 Å². The van der Waals surface area contributed by atoms with Crippen LogP contribution in [0.2, 0.25) is 0 Å². The molecule has 0 saturated heterocycles. The quantitative estimate of drug-likeness (QED) is 0.0925. The van der Waals surface area contributed by atoms with Crippen LogP contribution in [-0.4, -0.2) is 97.6 Å². The van der Waals surface area contributed by atoms with Crippen molar-refractivity contribution >= 4 is 23.7 Å².